The molecule has 0 spiro atoms. The summed E-state index contributed by atoms with van der Waals surface area (Å²) in [6.45, 7) is 5.49. The van der Waals surface area contributed by atoms with Crippen molar-refractivity contribution in [2.75, 3.05) is 6.54 Å². The second-order valence-corrected chi connectivity index (χ2v) is 9.53. The van der Waals surface area contributed by atoms with Crippen LogP contribution in [0.25, 0.3) is 0 Å². The van der Waals surface area contributed by atoms with Gasteiger partial charge < -0.3 is 9.64 Å². The van der Waals surface area contributed by atoms with Crippen LogP contribution in [-0.2, 0) is 24.3 Å². The normalized spacial score (nSPS) is 22.0. The van der Waals surface area contributed by atoms with Gasteiger partial charge in [-0.3, -0.25) is 9.59 Å². The summed E-state index contributed by atoms with van der Waals surface area (Å²) in [5, 5.41) is 1.67. The fourth-order valence-electron chi connectivity index (χ4n) is 3.15. The summed E-state index contributed by atoms with van der Waals surface area (Å²) in [5.74, 6) is -0.797. The first-order valence-corrected chi connectivity index (χ1v) is 11.1. The number of nitrogens with one attached hydrogen (secondary N) is 1. The lowest BCUT2D eigenvalue weighted by Gasteiger charge is -2.40. The van der Waals surface area contributed by atoms with Gasteiger partial charge >= 0.3 is 5.97 Å². The first kappa shape index (κ1) is 20.9. The summed E-state index contributed by atoms with van der Waals surface area (Å²) >= 11 is 1.10. The van der Waals surface area contributed by atoms with Gasteiger partial charge in [-0.25, -0.2) is 13.1 Å². The predicted molar refractivity (Wildman–Crippen MR) is 99.3 cm³/mol. The quantitative estimate of drug-likeness (QED) is 0.706. The Morgan fingerprint density at radius 1 is 1.35 bits per heavy atom. The van der Waals surface area contributed by atoms with Gasteiger partial charge in [-0.1, -0.05) is 6.07 Å². The molecule has 3 atom stereocenters. The Hall–Kier alpha value is -1.45. The van der Waals surface area contributed by atoms with Crippen molar-refractivity contribution in [1.29, 1.82) is 0 Å². The molecule has 0 radical (unpaired) electrons. The molecule has 0 saturated carbocycles. The van der Waals surface area contributed by atoms with Crippen molar-refractivity contribution < 1.29 is 22.7 Å². The molecule has 1 aliphatic rings. The van der Waals surface area contributed by atoms with Crippen LogP contribution in [0.15, 0.2) is 21.7 Å². The molecule has 146 valence electrons. The number of ether oxygens (including phenoxy) is 1. The average Bonchev–Trinajstić information content (AvgIpc) is 3.09. The number of piperidine rings is 1. The standard InChI is InChI=1S/C17H26N2O5S2/c1-12-6-4-7-13(2)19(12)17(21)14(3)24-15(20)9-10-18-26(22,23)16-8-5-11-25-16/h5,8,11-14,18H,4,6-7,9-10H2,1-3H3/t12-,13+,14-/m1/s1. The molecule has 1 amide bonds. The number of nitrogens with zero attached hydrogens (tertiary/aromatic N) is 1. The molecular weight excluding hydrogens is 376 g/mol. The molecule has 7 nitrogen and oxygen atoms in total. The molecule has 1 aromatic heterocycles. The van der Waals surface area contributed by atoms with Crippen LogP contribution in [-0.4, -0.2) is 49.9 Å². The highest BCUT2D eigenvalue weighted by atomic mass is 32.2. The number of thiophene rings is 1. The zero-order valence-corrected chi connectivity index (χ0v) is 16.9. The van der Waals surface area contributed by atoms with E-state index in [-0.39, 0.29) is 35.2 Å². The van der Waals surface area contributed by atoms with E-state index in [0.717, 1.165) is 30.6 Å². The van der Waals surface area contributed by atoms with Crippen LogP contribution < -0.4 is 4.72 Å². The smallest absolute Gasteiger partial charge is 0.307 e. The first-order valence-electron chi connectivity index (χ1n) is 8.77. The summed E-state index contributed by atoms with van der Waals surface area (Å²) in [7, 11) is -3.60. The average molecular weight is 403 g/mol. The monoisotopic (exact) mass is 402 g/mol. The predicted octanol–water partition coefficient (Wildman–Crippen LogP) is 2.14. The van der Waals surface area contributed by atoms with Crippen molar-refractivity contribution in [3.8, 4) is 0 Å². The number of carbonyl (C=O) groups excluding carboxylic acids is 2. The number of esters is 1. The van der Waals surface area contributed by atoms with Crippen molar-refractivity contribution in [1.82, 2.24) is 9.62 Å². The van der Waals surface area contributed by atoms with Crippen molar-refractivity contribution in [3.05, 3.63) is 17.5 Å². The molecule has 1 aliphatic heterocycles. The highest BCUT2D eigenvalue weighted by Gasteiger charge is 2.33. The van der Waals surface area contributed by atoms with Crippen LogP contribution >= 0.6 is 11.3 Å². The fourth-order valence-corrected chi connectivity index (χ4v) is 5.22. The molecule has 1 aromatic rings. The number of likely N-dealkylation sites (tertiary alicyclic amines) is 1. The molecule has 0 aliphatic carbocycles. The van der Waals surface area contributed by atoms with Crippen LogP contribution in [0.1, 0.15) is 46.5 Å². The van der Waals surface area contributed by atoms with Crippen molar-refractivity contribution >= 4 is 33.2 Å². The molecule has 2 heterocycles. The second-order valence-electron chi connectivity index (χ2n) is 6.59. The van der Waals surface area contributed by atoms with Crippen LogP contribution in [0.5, 0.6) is 0 Å². The van der Waals surface area contributed by atoms with E-state index in [9.17, 15) is 18.0 Å². The van der Waals surface area contributed by atoms with Gasteiger partial charge in [0.05, 0.1) is 6.42 Å². The molecular formula is C17H26N2O5S2. The van der Waals surface area contributed by atoms with Crippen molar-refractivity contribution in [2.24, 2.45) is 0 Å². The Labute approximate surface area is 158 Å². The maximum Gasteiger partial charge on any atom is 0.307 e. The van der Waals surface area contributed by atoms with Gasteiger partial charge in [0.15, 0.2) is 6.10 Å². The van der Waals surface area contributed by atoms with E-state index >= 15 is 0 Å². The number of hydrogen-bond acceptors (Lipinski definition) is 6. The summed E-state index contributed by atoms with van der Waals surface area (Å²) in [5.41, 5.74) is 0. The minimum absolute atomic E-state index is 0.0729. The van der Waals surface area contributed by atoms with Gasteiger partial charge in [-0.05, 0) is 51.5 Å². The van der Waals surface area contributed by atoms with Crippen molar-refractivity contribution in [2.45, 2.75) is 68.9 Å². The topological polar surface area (TPSA) is 92.8 Å². The summed E-state index contributed by atoms with van der Waals surface area (Å²) in [4.78, 5) is 26.3. The molecule has 2 rings (SSSR count). The second kappa shape index (κ2) is 8.96. The van der Waals surface area contributed by atoms with E-state index in [1.165, 1.54) is 6.07 Å². The molecule has 26 heavy (non-hydrogen) atoms. The van der Waals surface area contributed by atoms with Crippen LogP contribution in [0.4, 0.5) is 0 Å². The van der Waals surface area contributed by atoms with Gasteiger partial charge in [0.1, 0.15) is 4.21 Å². The van der Waals surface area contributed by atoms with Gasteiger partial charge in [0, 0.05) is 18.6 Å². The van der Waals surface area contributed by atoms with Gasteiger partial charge in [0.2, 0.25) is 10.0 Å². The van der Waals surface area contributed by atoms with E-state index in [0.29, 0.717) is 0 Å². The minimum atomic E-state index is -3.60. The van der Waals surface area contributed by atoms with E-state index in [1.54, 1.807) is 23.3 Å². The zero-order chi connectivity index (χ0) is 19.3. The highest BCUT2D eigenvalue weighted by molar-refractivity contribution is 7.91. The zero-order valence-electron chi connectivity index (χ0n) is 15.3. The van der Waals surface area contributed by atoms with Crippen LogP contribution in [0, 0.1) is 0 Å². The molecule has 1 fully saturated rings. The number of rotatable bonds is 7. The van der Waals surface area contributed by atoms with E-state index in [4.69, 9.17) is 4.74 Å². The van der Waals surface area contributed by atoms with Gasteiger partial charge in [-0.15, -0.1) is 11.3 Å². The third-order valence-electron chi connectivity index (χ3n) is 4.49. The summed E-state index contributed by atoms with van der Waals surface area (Å²) in [6, 6.07) is 3.39. The maximum atomic E-state index is 12.6. The minimum Gasteiger partial charge on any atom is -0.452 e. The Bertz CT molecular complexity index is 708. The number of amides is 1. The molecule has 1 N–H and O–H groups in total. The van der Waals surface area contributed by atoms with E-state index < -0.39 is 22.1 Å². The third-order valence-corrected chi connectivity index (χ3v) is 7.34. The lowest BCUT2D eigenvalue weighted by atomic mass is 9.97. The van der Waals surface area contributed by atoms with E-state index in [1.807, 2.05) is 13.8 Å². The Balaban J connectivity index is 1.80. The maximum absolute atomic E-state index is 12.6. The van der Waals surface area contributed by atoms with Crippen LogP contribution in [0.2, 0.25) is 0 Å². The molecule has 9 heteroatoms. The third kappa shape index (κ3) is 5.28. The summed E-state index contributed by atoms with van der Waals surface area (Å²) < 4.78 is 31.7. The lowest BCUT2D eigenvalue weighted by molar-refractivity contribution is -0.162. The molecule has 0 aromatic carbocycles. The first-order chi connectivity index (χ1) is 12.2. The number of sulfonamides is 1. The SMILES string of the molecule is C[C@@H]1CCC[C@H](C)N1C(=O)[C@@H](C)OC(=O)CCNS(=O)(=O)c1cccs1. The van der Waals surface area contributed by atoms with Gasteiger partial charge in [-0.2, -0.15) is 0 Å². The molecule has 0 bridgehead atoms. The number of hydrogen-bond donors (Lipinski definition) is 1. The molecule has 0 unspecified atom stereocenters. The largest absolute Gasteiger partial charge is 0.452 e. The van der Waals surface area contributed by atoms with Crippen LogP contribution in [0.3, 0.4) is 0 Å². The summed E-state index contributed by atoms with van der Waals surface area (Å²) in [6.07, 6.45) is 1.97. The Kier molecular flexibility index (Phi) is 7.19. The fraction of sp³-hybridized carbons (Fsp3) is 0.647. The van der Waals surface area contributed by atoms with Crippen molar-refractivity contribution in [3.63, 3.8) is 0 Å². The molecule has 1 saturated heterocycles. The van der Waals surface area contributed by atoms with Gasteiger partial charge in [0.25, 0.3) is 5.91 Å². The van der Waals surface area contributed by atoms with E-state index in [2.05, 4.69) is 4.72 Å². The lowest BCUT2D eigenvalue weighted by Crippen LogP contribution is -2.51. The number of carbonyl (C=O) groups is 2. The Morgan fingerprint density at radius 3 is 2.58 bits per heavy atom. The Morgan fingerprint density at radius 2 is 2.00 bits per heavy atom. The highest BCUT2D eigenvalue weighted by Crippen LogP contribution is 2.23.